The summed E-state index contributed by atoms with van der Waals surface area (Å²) in [6, 6.07) is 8.64. The normalized spacial score (nSPS) is 10.2. The highest BCUT2D eigenvalue weighted by molar-refractivity contribution is 5.61. The van der Waals surface area contributed by atoms with E-state index in [1.54, 1.807) is 49.1 Å². The number of hydrogen-bond acceptors (Lipinski definition) is 5. The molecule has 0 spiro atoms. The molecule has 0 unspecified atom stereocenters. The maximum atomic E-state index is 11.7. The fraction of sp³-hybridized carbons (Fsp3) is 0. The number of aromatic amines is 1. The van der Waals surface area contributed by atoms with Gasteiger partial charge in [0.1, 0.15) is 0 Å². The average molecular weight is 265 g/mol. The van der Waals surface area contributed by atoms with Crippen molar-refractivity contribution in [3.05, 3.63) is 65.5 Å². The predicted octanol–water partition coefficient (Wildman–Crippen LogP) is 1.97. The molecule has 0 fully saturated rings. The van der Waals surface area contributed by atoms with Gasteiger partial charge >= 0.3 is 0 Å². The van der Waals surface area contributed by atoms with Crippen LogP contribution in [0.5, 0.6) is 0 Å². The van der Waals surface area contributed by atoms with E-state index in [1.807, 2.05) is 0 Å². The average Bonchev–Trinajstić information content (AvgIpc) is 2.49. The zero-order valence-electron chi connectivity index (χ0n) is 10.4. The second-order valence-corrected chi connectivity index (χ2v) is 4.08. The molecule has 0 bridgehead atoms. The summed E-state index contributed by atoms with van der Waals surface area (Å²) in [6.07, 6.45) is 6.64. The lowest BCUT2D eigenvalue weighted by atomic mass is 10.2. The largest absolute Gasteiger partial charge is 0.326 e. The van der Waals surface area contributed by atoms with Gasteiger partial charge in [-0.25, -0.2) is 4.98 Å². The first-order valence-corrected chi connectivity index (χ1v) is 6.00. The number of rotatable bonds is 3. The summed E-state index contributed by atoms with van der Waals surface area (Å²) in [7, 11) is 0. The molecule has 6 nitrogen and oxygen atoms in total. The van der Waals surface area contributed by atoms with Gasteiger partial charge in [0.25, 0.3) is 5.56 Å². The number of nitrogens with zero attached hydrogens (tertiary/aromatic N) is 3. The summed E-state index contributed by atoms with van der Waals surface area (Å²) in [6.45, 7) is 0. The Labute approximate surface area is 114 Å². The van der Waals surface area contributed by atoms with E-state index in [9.17, 15) is 4.79 Å². The van der Waals surface area contributed by atoms with Gasteiger partial charge in [-0.2, -0.15) is 0 Å². The number of pyridine rings is 2. The molecule has 0 radical (unpaired) electrons. The molecule has 3 aromatic heterocycles. The van der Waals surface area contributed by atoms with E-state index >= 15 is 0 Å². The highest BCUT2D eigenvalue weighted by atomic mass is 16.1. The van der Waals surface area contributed by atoms with E-state index in [-0.39, 0.29) is 5.56 Å². The SMILES string of the molecule is O=c1cc(-c2ccncc2)nc(Nc2ccncc2)[nH]1. The molecule has 3 rings (SSSR count). The highest BCUT2D eigenvalue weighted by Crippen LogP contribution is 2.16. The Balaban J connectivity index is 1.97. The maximum Gasteiger partial charge on any atom is 0.252 e. The number of H-pyrrole nitrogens is 1. The molecule has 98 valence electrons. The van der Waals surface area contributed by atoms with Crippen LogP contribution in [-0.2, 0) is 0 Å². The molecule has 0 amide bonds. The fourth-order valence-electron chi connectivity index (χ4n) is 1.76. The number of aromatic nitrogens is 4. The lowest BCUT2D eigenvalue weighted by Crippen LogP contribution is -2.10. The fourth-order valence-corrected chi connectivity index (χ4v) is 1.76. The summed E-state index contributed by atoms with van der Waals surface area (Å²) < 4.78 is 0. The van der Waals surface area contributed by atoms with Gasteiger partial charge in [-0.1, -0.05) is 0 Å². The molecule has 0 atom stereocenters. The molecule has 3 heterocycles. The van der Waals surface area contributed by atoms with Crippen LogP contribution in [-0.4, -0.2) is 19.9 Å². The van der Waals surface area contributed by atoms with Crippen LogP contribution in [0.1, 0.15) is 0 Å². The van der Waals surface area contributed by atoms with Crippen molar-refractivity contribution >= 4 is 11.6 Å². The first-order valence-electron chi connectivity index (χ1n) is 6.00. The lowest BCUT2D eigenvalue weighted by molar-refractivity contribution is 1.12. The van der Waals surface area contributed by atoms with Crippen LogP contribution in [0.4, 0.5) is 11.6 Å². The van der Waals surface area contributed by atoms with Gasteiger partial charge < -0.3 is 5.32 Å². The van der Waals surface area contributed by atoms with Crippen molar-refractivity contribution in [2.45, 2.75) is 0 Å². The molecule has 6 heteroatoms. The molecule has 0 aliphatic heterocycles. The Morgan fingerprint density at radius 2 is 1.60 bits per heavy atom. The Morgan fingerprint density at radius 1 is 0.950 bits per heavy atom. The predicted molar refractivity (Wildman–Crippen MR) is 75.6 cm³/mol. The van der Waals surface area contributed by atoms with Crippen LogP contribution >= 0.6 is 0 Å². The van der Waals surface area contributed by atoms with Crippen molar-refractivity contribution in [3.63, 3.8) is 0 Å². The minimum atomic E-state index is -0.219. The molecule has 20 heavy (non-hydrogen) atoms. The summed E-state index contributed by atoms with van der Waals surface area (Å²) in [5, 5.41) is 3.03. The van der Waals surface area contributed by atoms with Crippen LogP contribution in [0.2, 0.25) is 0 Å². The third-order valence-corrected chi connectivity index (χ3v) is 2.66. The first kappa shape index (κ1) is 12.0. The summed E-state index contributed by atoms with van der Waals surface area (Å²) in [4.78, 5) is 26.6. The van der Waals surface area contributed by atoms with E-state index in [1.165, 1.54) is 6.07 Å². The lowest BCUT2D eigenvalue weighted by Gasteiger charge is -2.06. The third kappa shape index (κ3) is 2.69. The molecule has 0 saturated heterocycles. The first-order chi connectivity index (χ1) is 9.81. The van der Waals surface area contributed by atoms with Gasteiger partial charge in [-0.3, -0.25) is 19.7 Å². The smallest absolute Gasteiger partial charge is 0.252 e. The van der Waals surface area contributed by atoms with Gasteiger partial charge in [0.05, 0.1) is 5.69 Å². The zero-order valence-corrected chi connectivity index (χ0v) is 10.4. The molecular weight excluding hydrogens is 254 g/mol. The zero-order chi connectivity index (χ0) is 13.8. The minimum Gasteiger partial charge on any atom is -0.326 e. The van der Waals surface area contributed by atoms with Crippen LogP contribution in [0.3, 0.4) is 0 Å². The van der Waals surface area contributed by atoms with Gasteiger partial charge in [0.15, 0.2) is 0 Å². The van der Waals surface area contributed by atoms with Crippen molar-refractivity contribution in [3.8, 4) is 11.3 Å². The van der Waals surface area contributed by atoms with Gasteiger partial charge in [-0.15, -0.1) is 0 Å². The highest BCUT2D eigenvalue weighted by Gasteiger charge is 2.04. The van der Waals surface area contributed by atoms with Crippen LogP contribution in [0.15, 0.2) is 59.9 Å². The standard InChI is InChI=1S/C14H11N5O/c20-13-9-12(10-1-5-15-6-2-10)18-14(19-13)17-11-3-7-16-8-4-11/h1-9H,(H2,16,17,18,19,20). The summed E-state index contributed by atoms with van der Waals surface area (Å²) in [5.41, 5.74) is 2.01. The van der Waals surface area contributed by atoms with E-state index in [2.05, 4.69) is 25.3 Å². The second kappa shape index (κ2) is 5.31. The Hall–Kier alpha value is -3.02. The number of hydrogen-bond donors (Lipinski definition) is 2. The van der Waals surface area contributed by atoms with Crippen LogP contribution < -0.4 is 10.9 Å². The minimum absolute atomic E-state index is 0.219. The van der Waals surface area contributed by atoms with E-state index < -0.39 is 0 Å². The second-order valence-electron chi connectivity index (χ2n) is 4.08. The van der Waals surface area contributed by atoms with Crippen molar-refractivity contribution in [1.29, 1.82) is 0 Å². The van der Waals surface area contributed by atoms with E-state index in [0.717, 1.165) is 11.3 Å². The van der Waals surface area contributed by atoms with Crippen molar-refractivity contribution in [2.75, 3.05) is 5.32 Å². The number of anilines is 2. The van der Waals surface area contributed by atoms with Crippen LogP contribution in [0.25, 0.3) is 11.3 Å². The number of nitrogens with one attached hydrogen (secondary N) is 2. The summed E-state index contributed by atoms with van der Waals surface area (Å²) in [5.74, 6) is 0.385. The van der Waals surface area contributed by atoms with E-state index in [4.69, 9.17) is 0 Å². The third-order valence-electron chi connectivity index (χ3n) is 2.66. The molecule has 3 aromatic rings. The Kier molecular flexibility index (Phi) is 3.20. The quantitative estimate of drug-likeness (QED) is 0.756. The Bertz CT molecular complexity index is 755. The van der Waals surface area contributed by atoms with E-state index in [0.29, 0.717) is 11.6 Å². The van der Waals surface area contributed by atoms with Crippen LogP contribution in [0, 0.1) is 0 Å². The molecule has 0 saturated carbocycles. The molecular formula is C14H11N5O. The molecule has 0 aliphatic rings. The molecule has 0 aromatic carbocycles. The monoisotopic (exact) mass is 265 g/mol. The molecule has 0 aliphatic carbocycles. The van der Waals surface area contributed by atoms with Gasteiger partial charge in [-0.05, 0) is 24.3 Å². The topological polar surface area (TPSA) is 83.6 Å². The van der Waals surface area contributed by atoms with Gasteiger partial charge in [0, 0.05) is 42.1 Å². The maximum absolute atomic E-state index is 11.7. The molecule has 2 N–H and O–H groups in total. The van der Waals surface area contributed by atoms with Crippen molar-refractivity contribution < 1.29 is 0 Å². The summed E-state index contributed by atoms with van der Waals surface area (Å²) >= 11 is 0. The Morgan fingerprint density at radius 3 is 2.30 bits per heavy atom. The van der Waals surface area contributed by atoms with Crippen molar-refractivity contribution in [1.82, 2.24) is 19.9 Å². The van der Waals surface area contributed by atoms with Crippen molar-refractivity contribution in [2.24, 2.45) is 0 Å². The van der Waals surface area contributed by atoms with Gasteiger partial charge in [0.2, 0.25) is 5.95 Å².